The number of hydrogen-bond acceptors (Lipinski definition) is 7. The number of rotatable bonds is 10. The van der Waals surface area contributed by atoms with Crippen molar-refractivity contribution in [3.8, 4) is 23.0 Å². The number of amides is 2. The second-order valence-electron chi connectivity index (χ2n) is 6.34. The summed E-state index contributed by atoms with van der Waals surface area (Å²) < 4.78 is 21.1. The molecule has 33 heavy (non-hydrogen) atoms. The normalized spacial score (nSPS) is 10.7. The van der Waals surface area contributed by atoms with Gasteiger partial charge in [-0.3, -0.25) is 9.59 Å². The van der Waals surface area contributed by atoms with Crippen LogP contribution in [0.3, 0.4) is 0 Å². The van der Waals surface area contributed by atoms with Crippen LogP contribution in [0, 0.1) is 0 Å². The molecule has 3 N–H and O–H groups in total. The van der Waals surface area contributed by atoms with E-state index in [0.717, 1.165) is 6.08 Å². The van der Waals surface area contributed by atoms with E-state index in [1.165, 1.54) is 46.7 Å². The number of hydrogen-bond donors (Lipinski definition) is 3. The van der Waals surface area contributed by atoms with Gasteiger partial charge in [0.15, 0.2) is 0 Å². The van der Waals surface area contributed by atoms with Crippen LogP contribution < -0.4 is 29.6 Å². The number of carbonyl (C=O) groups is 3. The van der Waals surface area contributed by atoms with Crippen molar-refractivity contribution < 1.29 is 38.4 Å². The summed E-state index contributed by atoms with van der Waals surface area (Å²) in [6.07, 6.45) is 4.41. The van der Waals surface area contributed by atoms with E-state index in [-0.39, 0.29) is 5.69 Å². The Bertz CT molecular complexity index is 1070. The molecule has 0 spiro atoms. The number of methoxy groups -OCH3 is 4. The lowest BCUT2D eigenvalue weighted by Crippen LogP contribution is -2.12. The van der Waals surface area contributed by atoms with Crippen LogP contribution in [0.25, 0.3) is 6.08 Å². The number of aliphatic carboxylic acids is 1. The molecule has 2 rings (SSSR count). The third kappa shape index (κ3) is 7.03. The molecule has 0 aliphatic carbocycles. The summed E-state index contributed by atoms with van der Waals surface area (Å²) >= 11 is 0. The zero-order valence-electron chi connectivity index (χ0n) is 18.5. The fourth-order valence-corrected chi connectivity index (χ4v) is 2.74. The number of carboxylic acid groups (broad SMARTS) is 1. The number of carboxylic acids is 1. The molecule has 0 radical (unpaired) electrons. The van der Waals surface area contributed by atoms with Crippen molar-refractivity contribution in [1.82, 2.24) is 0 Å². The van der Waals surface area contributed by atoms with E-state index < -0.39 is 17.8 Å². The molecular formula is C23H24N2O8. The van der Waals surface area contributed by atoms with E-state index in [9.17, 15) is 14.4 Å². The van der Waals surface area contributed by atoms with Crippen molar-refractivity contribution in [2.45, 2.75) is 0 Å². The van der Waals surface area contributed by atoms with Gasteiger partial charge in [0, 0.05) is 36.0 Å². The Kier molecular flexibility index (Phi) is 8.86. The number of nitrogens with one attached hydrogen (secondary N) is 2. The van der Waals surface area contributed by atoms with Gasteiger partial charge in [0.05, 0.1) is 39.7 Å². The zero-order chi connectivity index (χ0) is 24.4. The Hall–Kier alpha value is -4.47. The molecule has 0 atom stereocenters. The minimum absolute atomic E-state index is 0.248. The molecule has 0 unspecified atom stereocenters. The summed E-state index contributed by atoms with van der Waals surface area (Å²) in [4.78, 5) is 34.9. The van der Waals surface area contributed by atoms with Gasteiger partial charge in [0.2, 0.25) is 11.8 Å². The van der Waals surface area contributed by atoms with Crippen LogP contribution in [0.15, 0.2) is 48.6 Å². The fraction of sp³-hybridized carbons (Fsp3) is 0.174. The van der Waals surface area contributed by atoms with Gasteiger partial charge in [0.25, 0.3) is 0 Å². The minimum atomic E-state index is -1.25. The first-order valence-corrected chi connectivity index (χ1v) is 9.50. The van der Waals surface area contributed by atoms with Gasteiger partial charge in [0.1, 0.15) is 23.0 Å². The highest BCUT2D eigenvalue weighted by molar-refractivity contribution is 6.05. The molecule has 0 aromatic heterocycles. The average Bonchev–Trinajstić information content (AvgIpc) is 2.81. The molecule has 0 saturated heterocycles. The Balaban J connectivity index is 2.21. The van der Waals surface area contributed by atoms with Crippen LogP contribution in [-0.2, 0) is 14.4 Å². The van der Waals surface area contributed by atoms with E-state index in [0.29, 0.717) is 40.3 Å². The maximum atomic E-state index is 12.5. The summed E-state index contributed by atoms with van der Waals surface area (Å²) in [7, 11) is 5.91. The first-order valence-electron chi connectivity index (χ1n) is 9.50. The van der Waals surface area contributed by atoms with Gasteiger partial charge >= 0.3 is 5.97 Å². The molecule has 0 aliphatic heterocycles. The fourth-order valence-electron chi connectivity index (χ4n) is 2.74. The second-order valence-corrected chi connectivity index (χ2v) is 6.34. The molecule has 10 nitrogen and oxygen atoms in total. The summed E-state index contributed by atoms with van der Waals surface area (Å²) in [5.74, 6) is -0.598. The van der Waals surface area contributed by atoms with Gasteiger partial charge in [-0.2, -0.15) is 0 Å². The van der Waals surface area contributed by atoms with E-state index in [2.05, 4.69) is 10.6 Å². The van der Waals surface area contributed by atoms with Crippen molar-refractivity contribution >= 4 is 35.2 Å². The van der Waals surface area contributed by atoms with Gasteiger partial charge in [-0.1, -0.05) is 0 Å². The van der Waals surface area contributed by atoms with Crippen molar-refractivity contribution in [3.05, 3.63) is 54.1 Å². The second kappa shape index (κ2) is 11.8. The molecular weight excluding hydrogens is 432 g/mol. The molecule has 0 fully saturated rings. The van der Waals surface area contributed by atoms with Crippen molar-refractivity contribution in [2.75, 3.05) is 39.1 Å². The smallest absolute Gasteiger partial charge is 0.328 e. The lowest BCUT2D eigenvalue weighted by atomic mass is 10.1. The van der Waals surface area contributed by atoms with Gasteiger partial charge in [-0.25, -0.2) is 4.79 Å². The van der Waals surface area contributed by atoms with E-state index >= 15 is 0 Å². The summed E-state index contributed by atoms with van der Waals surface area (Å²) in [6.45, 7) is 0. The van der Waals surface area contributed by atoms with Crippen LogP contribution >= 0.6 is 0 Å². The maximum Gasteiger partial charge on any atom is 0.328 e. The Morgan fingerprint density at radius 3 is 1.91 bits per heavy atom. The maximum absolute atomic E-state index is 12.5. The predicted octanol–water partition coefficient (Wildman–Crippen LogP) is 2.95. The number of anilines is 2. The number of ether oxygens (including phenoxy) is 4. The van der Waals surface area contributed by atoms with Crippen LogP contribution in [0.5, 0.6) is 23.0 Å². The molecule has 10 heteroatoms. The Morgan fingerprint density at radius 2 is 1.36 bits per heavy atom. The quantitative estimate of drug-likeness (QED) is 0.465. The monoisotopic (exact) mass is 456 g/mol. The third-order valence-corrected chi connectivity index (χ3v) is 4.26. The first-order chi connectivity index (χ1) is 15.8. The number of benzene rings is 2. The van der Waals surface area contributed by atoms with E-state index in [1.54, 1.807) is 24.3 Å². The van der Waals surface area contributed by atoms with Gasteiger partial charge in [-0.15, -0.1) is 0 Å². The zero-order valence-corrected chi connectivity index (χ0v) is 18.5. The molecule has 2 aromatic rings. The van der Waals surface area contributed by atoms with E-state index in [4.69, 9.17) is 24.1 Å². The van der Waals surface area contributed by atoms with Crippen molar-refractivity contribution in [2.24, 2.45) is 0 Å². The Morgan fingerprint density at radius 1 is 0.758 bits per heavy atom. The van der Waals surface area contributed by atoms with Crippen LogP contribution in [0.4, 0.5) is 11.4 Å². The SMILES string of the molecule is COc1cc(OC)c(/C=C/C(=O)Nc2ccc(OC)c(NC(=O)/C=C/C(=O)O)c2)c(OC)c1. The first kappa shape index (κ1) is 24.8. The van der Waals surface area contributed by atoms with Crippen molar-refractivity contribution in [3.63, 3.8) is 0 Å². The van der Waals surface area contributed by atoms with Crippen molar-refractivity contribution in [1.29, 1.82) is 0 Å². The molecule has 0 aliphatic rings. The molecule has 2 aromatic carbocycles. The molecule has 0 saturated carbocycles. The minimum Gasteiger partial charge on any atom is -0.496 e. The van der Waals surface area contributed by atoms with E-state index in [1.807, 2.05) is 0 Å². The van der Waals surface area contributed by atoms with Gasteiger partial charge < -0.3 is 34.7 Å². The lowest BCUT2D eigenvalue weighted by molar-refractivity contribution is -0.131. The summed E-state index contributed by atoms with van der Waals surface area (Å²) in [6, 6.07) is 7.94. The predicted molar refractivity (Wildman–Crippen MR) is 122 cm³/mol. The van der Waals surface area contributed by atoms with Gasteiger partial charge in [-0.05, 0) is 24.3 Å². The molecule has 0 bridgehead atoms. The number of carbonyl (C=O) groups excluding carboxylic acids is 2. The Labute approximate surface area is 190 Å². The molecule has 0 heterocycles. The third-order valence-electron chi connectivity index (χ3n) is 4.26. The molecule has 2 amide bonds. The highest BCUT2D eigenvalue weighted by Gasteiger charge is 2.12. The molecule has 174 valence electrons. The topological polar surface area (TPSA) is 132 Å². The largest absolute Gasteiger partial charge is 0.496 e. The van der Waals surface area contributed by atoms with Crippen LogP contribution in [0.1, 0.15) is 5.56 Å². The highest BCUT2D eigenvalue weighted by atomic mass is 16.5. The standard InChI is InChI=1S/C23H24N2O8/c1-30-15-12-19(32-3)16(20(13-15)33-4)6-8-21(26)24-14-5-7-18(31-2)17(11-14)25-22(27)9-10-23(28)29/h5-13H,1-4H3,(H,24,26)(H,25,27)(H,28,29)/b8-6+,10-9+. The van der Waals surface area contributed by atoms with Crippen LogP contribution in [-0.4, -0.2) is 51.3 Å². The van der Waals surface area contributed by atoms with Crippen LogP contribution in [0.2, 0.25) is 0 Å². The lowest BCUT2D eigenvalue weighted by Gasteiger charge is -2.13. The summed E-state index contributed by atoms with van der Waals surface area (Å²) in [5.41, 5.74) is 1.17. The average molecular weight is 456 g/mol. The highest BCUT2D eigenvalue weighted by Crippen LogP contribution is 2.35. The summed E-state index contributed by atoms with van der Waals surface area (Å²) in [5, 5.41) is 13.8.